The fourth-order valence-electron chi connectivity index (χ4n) is 2.31. The van der Waals surface area contributed by atoms with Crippen molar-refractivity contribution in [3.63, 3.8) is 0 Å². The number of carbonyl (C=O) groups excluding carboxylic acids is 1. The zero-order valence-electron chi connectivity index (χ0n) is 13.7. The molecule has 26 heavy (non-hydrogen) atoms. The van der Waals surface area contributed by atoms with Gasteiger partial charge in [-0.1, -0.05) is 35.9 Å². The van der Waals surface area contributed by atoms with Gasteiger partial charge in [-0.3, -0.25) is 4.79 Å². The van der Waals surface area contributed by atoms with Gasteiger partial charge in [0, 0.05) is 6.54 Å². The monoisotopic (exact) mass is 370 g/mol. The van der Waals surface area contributed by atoms with Crippen LogP contribution in [0.4, 0.5) is 16.0 Å². The van der Waals surface area contributed by atoms with E-state index in [2.05, 4.69) is 20.8 Å². The molecule has 2 N–H and O–H groups in total. The Bertz CT molecular complexity index is 885. The number of benzene rings is 2. The summed E-state index contributed by atoms with van der Waals surface area (Å²) in [5.74, 6) is 0.325. The van der Waals surface area contributed by atoms with Gasteiger partial charge in [0.15, 0.2) is 5.82 Å². The number of aromatic nitrogens is 2. The van der Waals surface area contributed by atoms with Gasteiger partial charge < -0.3 is 10.6 Å². The summed E-state index contributed by atoms with van der Waals surface area (Å²) < 4.78 is 12.9. The van der Waals surface area contributed by atoms with Gasteiger partial charge >= 0.3 is 0 Å². The van der Waals surface area contributed by atoms with E-state index < -0.39 is 0 Å². The summed E-state index contributed by atoms with van der Waals surface area (Å²) in [6.45, 7) is 0.631. The number of anilines is 2. The second-order valence-electron chi connectivity index (χ2n) is 5.54. The molecule has 1 heterocycles. The number of carbonyl (C=O) groups is 1. The van der Waals surface area contributed by atoms with Crippen LogP contribution in [0, 0.1) is 5.82 Å². The quantitative estimate of drug-likeness (QED) is 0.683. The van der Waals surface area contributed by atoms with Crippen molar-refractivity contribution in [1.82, 2.24) is 10.2 Å². The molecule has 0 aliphatic rings. The molecule has 0 saturated heterocycles. The lowest BCUT2D eigenvalue weighted by atomic mass is 10.1. The molecule has 0 fully saturated rings. The van der Waals surface area contributed by atoms with Gasteiger partial charge in [-0.05, 0) is 48.4 Å². The Hall–Kier alpha value is -2.99. The van der Waals surface area contributed by atoms with Crippen molar-refractivity contribution in [2.24, 2.45) is 0 Å². The zero-order chi connectivity index (χ0) is 18.4. The lowest BCUT2D eigenvalue weighted by Gasteiger charge is -2.07. The van der Waals surface area contributed by atoms with Crippen molar-refractivity contribution in [3.8, 4) is 0 Å². The first-order valence-electron chi connectivity index (χ1n) is 8.00. The second-order valence-corrected chi connectivity index (χ2v) is 5.95. The van der Waals surface area contributed by atoms with Crippen LogP contribution in [0.1, 0.15) is 15.9 Å². The van der Waals surface area contributed by atoms with Crippen molar-refractivity contribution in [2.45, 2.75) is 6.42 Å². The Morgan fingerprint density at radius 1 is 0.962 bits per heavy atom. The van der Waals surface area contributed by atoms with E-state index >= 15 is 0 Å². The summed E-state index contributed by atoms with van der Waals surface area (Å²) in [4.78, 5) is 12.2. The number of hydrogen-bond acceptors (Lipinski definition) is 4. The van der Waals surface area contributed by atoms with Gasteiger partial charge in [0.1, 0.15) is 11.6 Å². The zero-order valence-corrected chi connectivity index (χ0v) is 14.5. The fourth-order valence-corrected chi connectivity index (χ4v) is 2.53. The summed E-state index contributed by atoms with van der Waals surface area (Å²) in [6.07, 6.45) is 0.729. The third kappa shape index (κ3) is 4.77. The minimum Gasteiger partial charge on any atom is -0.368 e. The van der Waals surface area contributed by atoms with E-state index in [0.29, 0.717) is 28.8 Å². The van der Waals surface area contributed by atoms with Crippen LogP contribution in [0.3, 0.4) is 0 Å². The summed E-state index contributed by atoms with van der Waals surface area (Å²) in [5, 5.41) is 14.2. The molecule has 1 amide bonds. The van der Waals surface area contributed by atoms with Crippen LogP contribution in [-0.4, -0.2) is 22.6 Å². The molecule has 0 saturated carbocycles. The number of halogens is 2. The topological polar surface area (TPSA) is 66.9 Å². The molecule has 132 valence electrons. The van der Waals surface area contributed by atoms with Crippen molar-refractivity contribution in [2.75, 3.05) is 17.2 Å². The fraction of sp³-hybridized carbons (Fsp3) is 0.105. The lowest BCUT2D eigenvalue weighted by Crippen LogP contribution is -2.14. The molecule has 0 spiro atoms. The Labute approximate surface area is 155 Å². The minimum absolute atomic E-state index is 0.248. The summed E-state index contributed by atoms with van der Waals surface area (Å²) in [7, 11) is 0. The van der Waals surface area contributed by atoms with Crippen LogP contribution in [0.15, 0.2) is 60.7 Å². The van der Waals surface area contributed by atoms with E-state index in [4.69, 9.17) is 11.6 Å². The van der Waals surface area contributed by atoms with E-state index in [9.17, 15) is 9.18 Å². The second kappa shape index (κ2) is 8.40. The van der Waals surface area contributed by atoms with E-state index in [-0.39, 0.29) is 11.7 Å². The van der Waals surface area contributed by atoms with Gasteiger partial charge in [0.05, 0.1) is 10.6 Å². The number of hydrogen-bond donors (Lipinski definition) is 2. The highest BCUT2D eigenvalue weighted by atomic mass is 35.5. The normalized spacial score (nSPS) is 10.4. The van der Waals surface area contributed by atoms with Crippen molar-refractivity contribution < 1.29 is 9.18 Å². The van der Waals surface area contributed by atoms with Gasteiger partial charge in [-0.15, -0.1) is 10.2 Å². The summed E-state index contributed by atoms with van der Waals surface area (Å²) in [5.41, 5.74) is 1.40. The highest BCUT2D eigenvalue weighted by molar-refractivity contribution is 6.34. The first kappa shape index (κ1) is 17.8. The van der Waals surface area contributed by atoms with Crippen LogP contribution in [0.2, 0.25) is 5.02 Å². The Balaban J connectivity index is 1.52. The summed E-state index contributed by atoms with van der Waals surface area (Å²) >= 11 is 6.00. The Morgan fingerprint density at radius 3 is 2.35 bits per heavy atom. The standard InChI is InChI=1S/C19H16ClFN4O/c20-16-4-2-1-3-15(16)19(26)23-18-10-9-17(24-25-18)22-12-11-13-5-7-14(21)8-6-13/h1-10H,11-12H2,(H,22,24)(H,23,25,26). The molecule has 3 rings (SSSR count). The number of amides is 1. The predicted molar refractivity (Wildman–Crippen MR) is 100 cm³/mol. The van der Waals surface area contributed by atoms with Gasteiger partial charge in [-0.25, -0.2) is 4.39 Å². The number of nitrogens with zero attached hydrogens (tertiary/aromatic N) is 2. The van der Waals surface area contributed by atoms with Crippen molar-refractivity contribution in [1.29, 1.82) is 0 Å². The van der Waals surface area contributed by atoms with Crippen LogP contribution in [0.5, 0.6) is 0 Å². The predicted octanol–water partition coefficient (Wildman–Crippen LogP) is 4.18. The van der Waals surface area contributed by atoms with E-state index in [0.717, 1.165) is 12.0 Å². The Kier molecular flexibility index (Phi) is 5.76. The molecule has 0 aliphatic carbocycles. The average molecular weight is 371 g/mol. The minimum atomic E-state index is -0.345. The maximum Gasteiger partial charge on any atom is 0.258 e. The molecule has 5 nitrogen and oxygen atoms in total. The summed E-state index contributed by atoms with van der Waals surface area (Å²) in [6, 6.07) is 16.5. The van der Waals surface area contributed by atoms with E-state index in [1.807, 2.05) is 0 Å². The smallest absolute Gasteiger partial charge is 0.258 e. The molecular formula is C19H16ClFN4O. The first-order chi connectivity index (χ1) is 12.6. The molecule has 3 aromatic rings. The number of rotatable bonds is 6. The molecule has 0 unspecified atom stereocenters. The highest BCUT2D eigenvalue weighted by Gasteiger charge is 2.10. The number of nitrogens with one attached hydrogen (secondary N) is 2. The van der Waals surface area contributed by atoms with Crippen LogP contribution < -0.4 is 10.6 Å². The molecule has 0 aliphatic heterocycles. The van der Waals surface area contributed by atoms with Crippen molar-refractivity contribution in [3.05, 3.63) is 82.6 Å². The van der Waals surface area contributed by atoms with E-state index in [1.54, 1.807) is 48.5 Å². The highest BCUT2D eigenvalue weighted by Crippen LogP contribution is 2.16. The molecule has 2 aromatic carbocycles. The maximum atomic E-state index is 12.9. The van der Waals surface area contributed by atoms with Gasteiger partial charge in [-0.2, -0.15) is 0 Å². The third-order valence-electron chi connectivity index (χ3n) is 3.66. The molecule has 0 radical (unpaired) electrons. The molecule has 0 atom stereocenters. The molecule has 7 heteroatoms. The molecular weight excluding hydrogens is 355 g/mol. The van der Waals surface area contributed by atoms with Crippen molar-refractivity contribution >= 4 is 29.1 Å². The SMILES string of the molecule is O=C(Nc1ccc(NCCc2ccc(F)cc2)nn1)c1ccccc1Cl. The average Bonchev–Trinajstić information content (AvgIpc) is 2.65. The van der Waals surface area contributed by atoms with Crippen LogP contribution in [0.25, 0.3) is 0 Å². The molecule has 0 bridgehead atoms. The lowest BCUT2D eigenvalue weighted by molar-refractivity contribution is 0.102. The van der Waals surface area contributed by atoms with E-state index in [1.165, 1.54) is 12.1 Å². The largest absolute Gasteiger partial charge is 0.368 e. The van der Waals surface area contributed by atoms with Gasteiger partial charge in [0.25, 0.3) is 5.91 Å². The molecule has 1 aromatic heterocycles. The maximum absolute atomic E-state index is 12.9. The van der Waals surface area contributed by atoms with Crippen LogP contribution in [-0.2, 0) is 6.42 Å². The third-order valence-corrected chi connectivity index (χ3v) is 3.99. The van der Waals surface area contributed by atoms with Gasteiger partial charge in [0.2, 0.25) is 0 Å². The Morgan fingerprint density at radius 2 is 1.65 bits per heavy atom. The first-order valence-corrected chi connectivity index (χ1v) is 8.37. The van der Waals surface area contributed by atoms with Crippen LogP contribution >= 0.6 is 11.6 Å².